The molecule has 2 N–H and O–H groups in total. The second-order valence-corrected chi connectivity index (χ2v) is 20.2. The van der Waals surface area contributed by atoms with E-state index in [1.165, 1.54) is 0 Å². The van der Waals surface area contributed by atoms with E-state index in [2.05, 4.69) is 55.4 Å². The topological polar surface area (TPSA) is 82.3 Å². The van der Waals surface area contributed by atoms with Gasteiger partial charge in [0.15, 0.2) is 6.23 Å². The first-order valence-electron chi connectivity index (χ1n) is 13.0. The predicted octanol–water partition coefficient (Wildman–Crippen LogP) is 5.22. The molecule has 3 heterocycles. The van der Waals surface area contributed by atoms with Crippen LogP contribution in [0.3, 0.4) is 0 Å². The van der Waals surface area contributed by atoms with Gasteiger partial charge in [-0.3, -0.25) is 0 Å². The quantitative estimate of drug-likeness (QED) is 0.525. The Kier molecular flexibility index (Phi) is 7.73. The Balaban J connectivity index is 1.77. The summed E-state index contributed by atoms with van der Waals surface area (Å²) < 4.78 is 29.4. The predicted molar refractivity (Wildman–Crippen MR) is 142 cm³/mol. The molecule has 2 fully saturated rings. The number of ether oxygens (including phenoxy) is 1. The van der Waals surface area contributed by atoms with Crippen LogP contribution in [0.2, 0.25) is 22.2 Å². The van der Waals surface area contributed by atoms with Gasteiger partial charge in [0, 0.05) is 12.8 Å². The largest absolute Gasteiger partial charge is 0.569 e. The number of rotatable bonds is 5. The monoisotopic (exact) mass is 521 g/mol. The SMILES string of the molecule is CC(C)[Si]1(C(C)C)O[C@@H]2C(CO[Si-](C(C)C)(C(C)C)O1)O[C@@H](n1ccc3ccccc31)C(O)C2O. The number of hydrogen-bond acceptors (Lipinski definition) is 6. The van der Waals surface area contributed by atoms with Crippen LogP contribution >= 0.6 is 0 Å². The van der Waals surface area contributed by atoms with Crippen molar-refractivity contribution in [1.82, 2.24) is 4.57 Å². The molecule has 1 aromatic carbocycles. The molecular formula is C26H43NO6Si2-. The molecule has 2 aromatic rings. The van der Waals surface area contributed by atoms with E-state index < -0.39 is 47.8 Å². The summed E-state index contributed by atoms with van der Waals surface area (Å²) in [5.41, 5.74) is 1.64. The standard InChI is InChI=1S/C26H43NO6Si2/c1-16(2)34(17(3)4)30-15-22-25(32-35(33-34,18(5)6)19(7)8)23(28)24(29)26(31-22)27-14-13-20-11-9-10-12-21(20)27/h9-14,16-19,22-26,28-29H,15H2,1-8H3/q-1/t22?,23?,24?,25-,26-/m1/s1. The zero-order chi connectivity index (χ0) is 25.7. The molecule has 197 valence electrons. The zero-order valence-corrected chi connectivity index (χ0v) is 24.3. The normalized spacial score (nSPS) is 31.2. The van der Waals surface area contributed by atoms with E-state index in [0.717, 1.165) is 10.9 Å². The molecular weight excluding hydrogens is 478 g/mol. The second kappa shape index (κ2) is 10.0. The van der Waals surface area contributed by atoms with Gasteiger partial charge in [-0.05, 0) is 28.6 Å². The Labute approximate surface area is 211 Å². The fraction of sp³-hybridized carbons (Fsp3) is 0.692. The van der Waals surface area contributed by atoms with Crippen LogP contribution in [0.4, 0.5) is 0 Å². The van der Waals surface area contributed by atoms with E-state index in [9.17, 15) is 10.2 Å². The van der Waals surface area contributed by atoms with Gasteiger partial charge in [0.2, 0.25) is 0 Å². The maximum absolute atomic E-state index is 11.4. The first kappa shape index (κ1) is 27.0. The van der Waals surface area contributed by atoms with E-state index in [0.29, 0.717) is 0 Å². The van der Waals surface area contributed by atoms with Crippen molar-refractivity contribution in [2.45, 2.75) is 108 Å². The van der Waals surface area contributed by atoms with Crippen LogP contribution in [0.15, 0.2) is 36.5 Å². The highest BCUT2D eigenvalue weighted by Crippen LogP contribution is 2.47. The Bertz CT molecular complexity index is 993. The van der Waals surface area contributed by atoms with Crippen LogP contribution in [-0.2, 0) is 17.7 Å². The lowest BCUT2D eigenvalue weighted by molar-refractivity contribution is -0.251. The lowest BCUT2D eigenvalue weighted by atomic mass is 9.98. The number of para-hydroxylation sites is 1. The average molecular weight is 522 g/mol. The van der Waals surface area contributed by atoms with Gasteiger partial charge < -0.3 is 32.5 Å². The lowest BCUT2D eigenvalue weighted by Crippen LogP contribution is -2.69. The van der Waals surface area contributed by atoms with Gasteiger partial charge in [-0.2, -0.15) is 0 Å². The molecule has 0 amide bonds. The highest BCUT2D eigenvalue weighted by Gasteiger charge is 2.56. The molecule has 3 unspecified atom stereocenters. The molecule has 2 saturated heterocycles. The summed E-state index contributed by atoms with van der Waals surface area (Å²) in [4.78, 5) is 0. The number of aliphatic hydroxyl groups is 2. The van der Waals surface area contributed by atoms with Gasteiger partial charge in [-0.15, -0.1) is 11.1 Å². The van der Waals surface area contributed by atoms with Gasteiger partial charge in [-0.1, -0.05) is 73.6 Å². The number of fused-ring (bicyclic) bond motifs is 2. The zero-order valence-electron chi connectivity index (χ0n) is 22.3. The maximum Gasteiger partial charge on any atom is 0.305 e. The molecule has 7 nitrogen and oxygen atoms in total. The fourth-order valence-electron chi connectivity index (χ4n) is 5.89. The van der Waals surface area contributed by atoms with Crippen LogP contribution in [0, 0.1) is 0 Å². The third-order valence-corrected chi connectivity index (χ3v) is 18.1. The van der Waals surface area contributed by atoms with Crippen LogP contribution in [0.1, 0.15) is 61.6 Å². The van der Waals surface area contributed by atoms with E-state index in [1.54, 1.807) is 0 Å². The molecule has 0 aliphatic carbocycles. The molecule has 0 saturated carbocycles. The van der Waals surface area contributed by atoms with E-state index >= 15 is 0 Å². The Morgan fingerprint density at radius 2 is 1.54 bits per heavy atom. The molecule has 5 atom stereocenters. The molecule has 4 rings (SSSR count). The van der Waals surface area contributed by atoms with Crippen LogP contribution in [-0.4, -0.2) is 62.9 Å². The molecule has 0 spiro atoms. The average Bonchev–Trinajstić information content (AvgIpc) is 3.21. The van der Waals surface area contributed by atoms with Crippen LogP contribution in [0.25, 0.3) is 10.9 Å². The summed E-state index contributed by atoms with van der Waals surface area (Å²) in [6.07, 6.45) is -2.40. The number of benzene rings is 1. The minimum Gasteiger partial charge on any atom is -0.569 e. The molecule has 9 heteroatoms. The molecule has 2 aliphatic rings. The van der Waals surface area contributed by atoms with Crippen molar-refractivity contribution >= 4 is 28.0 Å². The highest BCUT2D eigenvalue weighted by atomic mass is 28.5. The Morgan fingerprint density at radius 1 is 0.914 bits per heavy atom. The fourth-order valence-corrected chi connectivity index (χ4v) is 17.1. The molecule has 2 aliphatic heterocycles. The van der Waals surface area contributed by atoms with Crippen molar-refractivity contribution in [2.75, 3.05) is 6.61 Å². The third-order valence-electron chi connectivity index (χ3n) is 7.89. The first-order valence-corrected chi connectivity index (χ1v) is 17.0. The maximum atomic E-state index is 11.4. The summed E-state index contributed by atoms with van der Waals surface area (Å²) in [6.45, 7) is 17.6. The minimum absolute atomic E-state index is 0.129. The third kappa shape index (κ3) is 4.48. The summed E-state index contributed by atoms with van der Waals surface area (Å²) in [7, 11) is -5.64. The van der Waals surface area contributed by atoms with Crippen molar-refractivity contribution in [3.8, 4) is 0 Å². The van der Waals surface area contributed by atoms with Crippen LogP contribution < -0.4 is 0 Å². The smallest absolute Gasteiger partial charge is 0.305 e. The minimum atomic E-state index is -2.91. The summed E-state index contributed by atoms with van der Waals surface area (Å²) in [5.74, 6) is 0. The number of nitrogens with zero attached hydrogens (tertiary/aromatic N) is 1. The van der Waals surface area contributed by atoms with Crippen LogP contribution in [0.5, 0.6) is 0 Å². The Hall–Kier alpha value is -1.05. The molecule has 0 radical (unpaired) electrons. The molecule has 0 bridgehead atoms. The van der Waals surface area contributed by atoms with E-state index in [1.807, 2.05) is 41.1 Å². The summed E-state index contributed by atoms with van der Waals surface area (Å²) >= 11 is 0. The molecule has 35 heavy (non-hydrogen) atoms. The number of aliphatic hydroxyl groups excluding tert-OH is 2. The van der Waals surface area contributed by atoms with Gasteiger partial charge in [0.1, 0.15) is 33.0 Å². The summed E-state index contributed by atoms with van der Waals surface area (Å²) in [6, 6.07) is 9.96. The molecule has 1 aromatic heterocycles. The van der Waals surface area contributed by atoms with Gasteiger partial charge in [0.05, 0.1) is 5.52 Å². The van der Waals surface area contributed by atoms with Crippen molar-refractivity contribution in [3.05, 3.63) is 36.5 Å². The first-order chi connectivity index (χ1) is 16.4. The van der Waals surface area contributed by atoms with Gasteiger partial charge in [-0.25, -0.2) is 0 Å². The summed E-state index contributed by atoms with van der Waals surface area (Å²) in [5, 5.41) is 23.7. The number of hydrogen-bond donors (Lipinski definition) is 2. The van der Waals surface area contributed by atoms with Gasteiger partial charge in [0.25, 0.3) is 0 Å². The number of aromatic nitrogens is 1. The van der Waals surface area contributed by atoms with Crippen molar-refractivity contribution in [2.24, 2.45) is 0 Å². The van der Waals surface area contributed by atoms with E-state index in [4.69, 9.17) is 17.7 Å². The van der Waals surface area contributed by atoms with Crippen molar-refractivity contribution in [3.63, 3.8) is 0 Å². The van der Waals surface area contributed by atoms with Crippen molar-refractivity contribution in [1.29, 1.82) is 0 Å². The van der Waals surface area contributed by atoms with Gasteiger partial charge >= 0.3 is 8.56 Å². The highest BCUT2D eigenvalue weighted by molar-refractivity contribution is 6.83. The van der Waals surface area contributed by atoms with E-state index in [-0.39, 0.29) is 28.8 Å². The second-order valence-electron chi connectivity index (χ2n) is 11.4. The Morgan fingerprint density at radius 3 is 2.14 bits per heavy atom. The lowest BCUT2D eigenvalue weighted by Gasteiger charge is -2.62. The van der Waals surface area contributed by atoms with Crippen molar-refractivity contribution < 1.29 is 27.9 Å².